The first-order valence-electron chi connectivity index (χ1n) is 10.6. The van der Waals surface area contributed by atoms with Crippen molar-refractivity contribution >= 4 is 17.4 Å². The van der Waals surface area contributed by atoms with E-state index in [-0.39, 0.29) is 11.8 Å². The van der Waals surface area contributed by atoms with E-state index in [1.54, 1.807) is 37.1 Å². The van der Waals surface area contributed by atoms with Crippen LogP contribution in [0.1, 0.15) is 24.2 Å². The van der Waals surface area contributed by atoms with Gasteiger partial charge in [-0.15, -0.1) is 10.2 Å². The number of piperidine rings is 1. The quantitative estimate of drug-likeness (QED) is 0.634. The minimum atomic E-state index is -0.0645. The Balaban J connectivity index is 1.36. The van der Waals surface area contributed by atoms with E-state index in [1.165, 1.54) is 0 Å². The first-order valence-corrected chi connectivity index (χ1v) is 10.6. The van der Waals surface area contributed by atoms with E-state index in [2.05, 4.69) is 25.5 Å². The summed E-state index contributed by atoms with van der Waals surface area (Å²) in [6.07, 6.45) is 1.49. The Labute approximate surface area is 187 Å². The van der Waals surface area contributed by atoms with Gasteiger partial charge >= 0.3 is 0 Å². The Hall–Kier alpha value is -3.62. The standard InChI is InChI=1S/C23H28N6O3/c1-15-11-16(2)29(27-15)22-6-5-21(25-26-22)28-9-7-17(8-10-28)23(30)24-18-12-19(31-3)14-20(13-18)32-4/h5-6,11-14,17H,7-10H2,1-4H3,(H,24,30). The van der Waals surface area contributed by atoms with Gasteiger partial charge < -0.3 is 19.7 Å². The van der Waals surface area contributed by atoms with Crippen LogP contribution in [0.2, 0.25) is 0 Å². The summed E-state index contributed by atoms with van der Waals surface area (Å²) in [5.41, 5.74) is 2.63. The number of anilines is 2. The third-order valence-electron chi connectivity index (χ3n) is 5.67. The normalized spacial score (nSPS) is 14.3. The molecule has 1 saturated heterocycles. The molecule has 0 unspecified atom stereocenters. The molecule has 1 aliphatic rings. The highest BCUT2D eigenvalue weighted by molar-refractivity contribution is 5.93. The number of aryl methyl sites for hydroxylation is 2. The topological polar surface area (TPSA) is 94.4 Å². The number of benzene rings is 1. The summed E-state index contributed by atoms with van der Waals surface area (Å²) in [6.45, 7) is 5.43. The molecular weight excluding hydrogens is 408 g/mol. The summed E-state index contributed by atoms with van der Waals surface area (Å²) in [5, 5.41) is 16.2. The highest BCUT2D eigenvalue weighted by atomic mass is 16.5. The number of carbonyl (C=O) groups is 1. The number of nitrogens with one attached hydrogen (secondary N) is 1. The summed E-state index contributed by atoms with van der Waals surface area (Å²) < 4.78 is 12.3. The molecule has 3 aromatic rings. The number of hydrogen-bond acceptors (Lipinski definition) is 7. The lowest BCUT2D eigenvalue weighted by atomic mass is 9.96. The number of amides is 1. The maximum atomic E-state index is 12.8. The summed E-state index contributed by atoms with van der Waals surface area (Å²) >= 11 is 0. The number of ether oxygens (including phenoxy) is 2. The van der Waals surface area contributed by atoms with Gasteiger partial charge in [0.25, 0.3) is 0 Å². The Kier molecular flexibility index (Phi) is 6.25. The van der Waals surface area contributed by atoms with Gasteiger partial charge in [-0.05, 0) is 44.9 Å². The highest BCUT2D eigenvalue weighted by Gasteiger charge is 2.26. The first kappa shape index (κ1) is 21.6. The lowest BCUT2D eigenvalue weighted by Crippen LogP contribution is -2.38. The number of rotatable bonds is 6. The fourth-order valence-electron chi connectivity index (χ4n) is 3.96. The summed E-state index contributed by atoms with van der Waals surface area (Å²) in [5.74, 6) is 2.72. The van der Waals surface area contributed by atoms with Crippen molar-refractivity contribution in [2.24, 2.45) is 5.92 Å². The highest BCUT2D eigenvalue weighted by Crippen LogP contribution is 2.28. The molecule has 0 saturated carbocycles. The van der Waals surface area contributed by atoms with Crippen LogP contribution < -0.4 is 19.7 Å². The molecule has 168 valence electrons. The molecule has 0 radical (unpaired) electrons. The molecule has 0 atom stereocenters. The van der Waals surface area contributed by atoms with Gasteiger partial charge in [0.15, 0.2) is 11.6 Å². The van der Waals surface area contributed by atoms with E-state index in [4.69, 9.17) is 9.47 Å². The van der Waals surface area contributed by atoms with Gasteiger partial charge in [-0.25, -0.2) is 4.68 Å². The monoisotopic (exact) mass is 436 g/mol. The zero-order chi connectivity index (χ0) is 22.7. The molecule has 9 heteroatoms. The van der Waals surface area contributed by atoms with Gasteiger partial charge in [0.05, 0.1) is 19.9 Å². The zero-order valence-corrected chi connectivity index (χ0v) is 18.8. The molecule has 1 aliphatic heterocycles. The fourth-order valence-corrected chi connectivity index (χ4v) is 3.96. The molecule has 4 rings (SSSR count). The van der Waals surface area contributed by atoms with Crippen LogP contribution in [0.15, 0.2) is 36.4 Å². The molecule has 9 nitrogen and oxygen atoms in total. The van der Waals surface area contributed by atoms with E-state index in [9.17, 15) is 4.79 Å². The Morgan fingerprint density at radius 3 is 2.12 bits per heavy atom. The predicted octanol–water partition coefficient (Wildman–Crippen LogP) is 3.15. The summed E-state index contributed by atoms with van der Waals surface area (Å²) in [7, 11) is 3.17. The van der Waals surface area contributed by atoms with Crippen LogP contribution in [0.5, 0.6) is 11.5 Å². The largest absolute Gasteiger partial charge is 0.497 e. The van der Waals surface area contributed by atoms with Crippen molar-refractivity contribution in [3.8, 4) is 17.3 Å². The van der Waals surface area contributed by atoms with E-state index in [1.807, 2.05) is 32.0 Å². The minimum Gasteiger partial charge on any atom is -0.497 e. The number of aromatic nitrogens is 4. The van der Waals surface area contributed by atoms with Gasteiger partial charge in [-0.3, -0.25) is 4.79 Å². The van der Waals surface area contributed by atoms with Crippen LogP contribution in [0, 0.1) is 19.8 Å². The van der Waals surface area contributed by atoms with Crippen molar-refractivity contribution < 1.29 is 14.3 Å². The number of carbonyl (C=O) groups excluding carboxylic acids is 1. The Bertz CT molecular complexity index is 1070. The van der Waals surface area contributed by atoms with Crippen molar-refractivity contribution in [2.45, 2.75) is 26.7 Å². The van der Waals surface area contributed by atoms with Gasteiger partial charge in [0.2, 0.25) is 5.91 Å². The third-order valence-corrected chi connectivity index (χ3v) is 5.67. The van der Waals surface area contributed by atoms with Crippen molar-refractivity contribution in [3.05, 3.63) is 47.8 Å². The SMILES string of the molecule is COc1cc(NC(=O)C2CCN(c3ccc(-n4nc(C)cc4C)nn3)CC2)cc(OC)c1. The van der Waals surface area contributed by atoms with Crippen LogP contribution in [0.25, 0.3) is 5.82 Å². The molecule has 1 amide bonds. The summed E-state index contributed by atoms with van der Waals surface area (Å²) in [4.78, 5) is 15.0. The van der Waals surface area contributed by atoms with Crippen molar-refractivity contribution in [1.82, 2.24) is 20.0 Å². The fraction of sp³-hybridized carbons (Fsp3) is 0.391. The second-order valence-electron chi connectivity index (χ2n) is 7.94. The number of nitrogens with zero attached hydrogens (tertiary/aromatic N) is 5. The lowest BCUT2D eigenvalue weighted by molar-refractivity contribution is -0.120. The maximum absolute atomic E-state index is 12.8. The minimum absolute atomic E-state index is 0.00548. The molecule has 1 aromatic carbocycles. The van der Waals surface area contributed by atoms with Crippen LogP contribution in [0.4, 0.5) is 11.5 Å². The lowest BCUT2D eigenvalue weighted by Gasteiger charge is -2.31. The smallest absolute Gasteiger partial charge is 0.227 e. The summed E-state index contributed by atoms with van der Waals surface area (Å²) in [6, 6.07) is 11.2. The average molecular weight is 437 g/mol. The second-order valence-corrected chi connectivity index (χ2v) is 7.94. The van der Waals surface area contributed by atoms with Crippen LogP contribution >= 0.6 is 0 Å². The molecule has 0 aliphatic carbocycles. The maximum Gasteiger partial charge on any atom is 0.227 e. The number of methoxy groups -OCH3 is 2. The first-order chi connectivity index (χ1) is 15.5. The predicted molar refractivity (Wildman–Crippen MR) is 122 cm³/mol. The van der Waals surface area contributed by atoms with Crippen molar-refractivity contribution in [1.29, 1.82) is 0 Å². The second kappa shape index (κ2) is 9.25. The van der Waals surface area contributed by atoms with Gasteiger partial charge in [0.1, 0.15) is 11.5 Å². The molecule has 0 bridgehead atoms. The molecular formula is C23H28N6O3. The van der Waals surface area contributed by atoms with Crippen LogP contribution in [0.3, 0.4) is 0 Å². The molecule has 2 aromatic heterocycles. The third kappa shape index (κ3) is 4.66. The molecule has 1 N–H and O–H groups in total. The van der Waals surface area contributed by atoms with Gasteiger partial charge in [-0.1, -0.05) is 0 Å². The van der Waals surface area contributed by atoms with Crippen LogP contribution in [-0.2, 0) is 4.79 Å². The Morgan fingerprint density at radius 1 is 0.969 bits per heavy atom. The zero-order valence-electron chi connectivity index (χ0n) is 18.8. The van der Waals surface area contributed by atoms with E-state index in [0.717, 1.165) is 43.1 Å². The van der Waals surface area contributed by atoms with Crippen molar-refractivity contribution in [3.63, 3.8) is 0 Å². The number of hydrogen-bond donors (Lipinski definition) is 1. The molecule has 32 heavy (non-hydrogen) atoms. The average Bonchev–Trinajstić information content (AvgIpc) is 3.16. The van der Waals surface area contributed by atoms with E-state index >= 15 is 0 Å². The van der Waals surface area contributed by atoms with Crippen LogP contribution in [-0.4, -0.2) is 53.2 Å². The van der Waals surface area contributed by atoms with Gasteiger partial charge in [-0.2, -0.15) is 5.10 Å². The van der Waals surface area contributed by atoms with Crippen molar-refractivity contribution in [2.75, 3.05) is 37.5 Å². The molecule has 0 spiro atoms. The molecule has 1 fully saturated rings. The van der Waals surface area contributed by atoms with E-state index in [0.29, 0.717) is 23.0 Å². The van der Waals surface area contributed by atoms with Gasteiger partial charge in [0, 0.05) is 48.6 Å². The van der Waals surface area contributed by atoms with E-state index < -0.39 is 0 Å². The molecule has 3 heterocycles. The Morgan fingerprint density at radius 2 is 1.59 bits per heavy atom.